The van der Waals surface area contributed by atoms with Crippen molar-refractivity contribution in [3.05, 3.63) is 5.56 Å². The normalized spacial score (nSPS) is 13.3. The first-order chi connectivity index (χ1) is 6.02. The van der Waals surface area contributed by atoms with Crippen LogP contribution in [0.4, 0.5) is 19.6 Å². The average Bonchev–Trinajstić information content (AvgIpc) is 2.36. The van der Waals surface area contributed by atoms with E-state index in [0.29, 0.717) is 10.8 Å². The van der Waals surface area contributed by atoms with E-state index < -0.39 is 12.5 Å². The molecule has 1 atom stereocenters. The Balaban J connectivity index is 2.69. The van der Waals surface area contributed by atoms with E-state index in [1.807, 2.05) is 0 Å². The van der Waals surface area contributed by atoms with Crippen LogP contribution in [0, 0.1) is 6.92 Å². The fourth-order valence-corrected chi connectivity index (χ4v) is 1.56. The highest BCUT2D eigenvalue weighted by atomic mass is 32.1. The molecule has 0 amide bonds. The molecule has 13 heavy (non-hydrogen) atoms. The van der Waals surface area contributed by atoms with Gasteiger partial charge in [-0.25, -0.2) is 8.78 Å². The smallest absolute Gasteiger partial charge is 0.258 e. The van der Waals surface area contributed by atoms with Crippen LogP contribution in [0.15, 0.2) is 0 Å². The van der Waals surface area contributed by atoms with Crippen LogP contribution in [0.1, 0.15) is 12.5 Å². The van der Waals surface area contributed by atoms with Crippen molar-refractivity contribution in [2.45, 2.75) is 26.3 Å². The fraction of sp³-hybridized carbons (Fsp3) is 0.571. The zero-order valence-corrected chi connectivity index (χ0v) is 8.16. The molecule has 0 saturated heterocycles. The van der Waals surface area contributed by atoms with E-state index >= 15 is 0 Å². The second-order valence-corrected chi connectivity index (χ2v) is 3.56. The minimum absolute atomic E-state index is 0.397. The van der Waals surface area contributed by atoms with E-state index in [0.717, 1.165) is 17.1 Å². The molecular weight excluding hydrogens is 196 g/mol. The predicted octanol–water partition coefficient (Wildman–Crippen LogP) is 2.10. The number of hydrogen-bond donors (Lipinski definition) is 2. The van der Waals surface area contributed by atoms with Gasteiger partial charge in [0.1, 0.15) is 10.8 Å². The van der Waals surface area contributed by atoms with Crippen LogP contribution in [0.25, 0.3) is 0 Å². The molecule has 1 aromatic heterocycles. The summed E-state index contributed by atoms with van der Waals surface area (Å²) < 4.78 is 28.1. The van der Waals surface area contributed by atoms with Gasteiger partial charge in [0.05, 0.1) is 6.04 Å². The molecule has 3 nitrogen and oxygen atoms in total. The lowest BCUT2D eigenvalue weighted by Gasteiger charge is -2.12. The van der Waals surface area contributed by atoms with E-state index in [4.69, 9.17) is 5.73 Å². The van der Waals surface area contributed by atoms with Crippen molar-refractivity contribution in [2.24, 2.45) is 0 Å². The third-order valence-electron chi connectivity index (χ3n) is 1.70. The molecule has 0 bridgehead atoms. The number of halogens is 2. The lowest BCUT2D eigenvalue weighted by Crippen LogP contribution is -2.23. The van der Waals surface area contributed by atoms with Gasteiger partial charge in [-0.3, -0.25) is 0 Å². The highest BCUT2D eigenvalue weighted by molar-refractivity contribution is 7.10. The molecule has 0 fully saturated rings. The molecule has 3 N–H and O–H groups in total. The Labute approximate surface area is 79.1 Å². The highest BCUT2D eigenvalue weighted by Gasteiger charge is 2.16. The van der Waals surface area contributed by atoms with Crippen molar-refractivity contribution in [3.63, 3.8) is 0 Å². The first-order valence-corrected chi connectivity index (χ1v) is 4.56. The van der Waals surface area contributed by atoms with Crippen molar-refractivity contribution in [1.82, 2.24) is 4.37 Å². The third kappa shape index (κ3) is 2.27. The summed E-state index contributed by atoms with van der Waals surface area (Å²) in [5.41, 5.74) is 6.20. The maximum atomic E-state index is 12.1. The van der Waals surface area contributed by atoms with Crippen molar-refractivity contribution < 1.29 is 8.78 Å². The minimum Gasteiger partial charge on any atom is -0.383 e. The van der Waals surface area contributed by atoms with Gasteiger partial charge in [-0.2, -0.15) is 4.37 Å². The summed E-state index contributed by atoms with van der Waals surface area (Å²) in [7, 11) is 0. The number of alkyl halides is 2. The van der Waals surface area contributed by atoms with E-state index in [-0.39, 0.29) is 0 Å². The molecular formula is C7H11F2N3S. The first kappa shape index (κ1) is 10.2. The summed E-state index contributed by atoms with van der Waals surface area (Å²) in [6.45, 7) is 3.17. The number of nitrogen functional groups attached to an aromatic ring is 1. The number of nitrogens with one attached hydrogen (secondary N) is 1. The van der Waals surface area contributed by atoms with Gasteiger partial charge in [0, 0.05) is 5.56 Å². The summed E-state index contributed by atoms with van der Waals surface area (Å²) in [5.74, 6) is 0.397. The second kappa shape index (κ2) is 3.87. The zero-order valence-electron chi connectivity index (χ0n) is 7.34. The average molecular weight is 207 g/mol. The van der Waals surface area contributed by atoms with Gasteiger partial charge >= 0.3 is 0 Å². The summed E-state index contributed by atoms with van der Waals surface area (Å²) in [6, 6.07) is -0.876. The largest absolute Gasteiger partial charge is 0.383 e. The van der Waals surface area contributed by atoms with E-state index in [1.165, 1.54) is 6.92 Å². The van der Waals surface area contributed by atoms with Crippen molar-refractivity contribution in [3.8, 4) is 0 Å². The van der Waals surface area contributed by atoms with Crippen LogP contribution in [0.2, 0.25) is 0 Å². The number of nitrogens with zero attached hydrogens (tertiary/aromatic N) is 1. The minimum atomic E-state index is -2.39. The molecule has 1 aromatic rings. The second-order valence-electron chi connectivity index (χ2n) is 2.79. The van der Waals surface area contributed by atoms with Crippen molar-refractivity contribution in [2.75, 3.05) is 11.1 Å². The molecule has 74 valence electrons. The topological polar surface area (TPSA) is 50.9 Å². The van der Waals surface area contributed by atoms with Crippen molar-refractivity contribution in [1.29, 1.82) is 0 Å². The summed E-state index contributed by atoms with van der Waals surface area (Å²) in [5, 5.41) is 3.27. The van der Waals surface area contributed by atoms with E-state index in [2.05, 4.69) is 9.69 Å². The standard InChI is InChI=1S/C7H11F2N3S/c1-3-6(10)12-13-7(3)11-4(2)5(8)9/h4-5,11H,1-2H3,(H2,10,12). The van der Waals surface area contributed by atoms with E-state index in [9.17, 15) is 8.78 Å². The molecule has 0 aliphatic rings. The summed E-state index contributed by atoms with van der Waals surface area (Å²) in [4.78, 5) is 0. The summed E-state index contributed by atoms with van der Waals surface area (Å²) >= 11 is 1.10. The molecule has 0 saturated carbocycles. The Bertz CT molecular complexity index is 287. The monoisotopic (exact) mass is 207 g/mol. The van der Waals surface area contributed by atoms with Gasteiger partial charge in [-0.05, 0) is 25.4 Å². The Morgan fingerprint density at radius 2 is 2.15 bits per heavy atom. The maximum absolute atomic E-state index is 12.1. The van der Waals surface area contributed by atoms with Gasteiger partial charge in [0.15, 0.2) is 0 Å². The molecule has 6 heteroatoms. The van der Waals surface area contributed by atoms with Crippen LogP contribution in [0.3, 0.4) is 0 Å². The molecule has 1 unspecified atom stereocenters. The molecule has 0 radical (unpaired) electrons. The highest BCUT2D eigenvalue weighted by Crippen LogP contribution is 2.26. The SMILES string of the molecule is Cc1c(N)nsc1NC(C)C(F)F. The molecule has 1 rings (SSSR count). The first-order valence-electron chi connectivity index (χ1n) is 3.78. The van der Waals surface area contributed by atoms with Crippen LogP contribution in [-0.2, 0) is 0 Å². The molecule has 0 aliphatic heterocycles. The van der Waals surface area contributed by atoms with Crippen LogP contribution < -0.4 is 11.1 Å². The Kier molecular flexibility index (Phi) is 3.02. The molecule has 0 aromatic carbocycles. The quantitative estimate of drug-likeness (QED) is 0.798. The third-order valence-corrected chi connectivity index (χ3v) is 2.59. The fourth-order valence-electron chi connectivity index (χ4n) is 0.752. The maximum Gasteiger partial charge on any atom is 0.258 e. The Morgan fingerprint density at radius 1 is 1.54 bits per heavy atom. The van der Waals surface area contributed by atoms with Gasteiger partial charge in [-0.15, -0.1) is 0 Å². The molecule has 0 aliphatic carbocycles. The molecule has 1 heterocycles. The number of nitrogens with two attached hydrogens (primary N) is 1. The summed E-state index contributed by atoms with van der Waals surface area (Å²) in [6.07, 6.45) is -2.39. The van der Waals surface area contributed by atoms with Crippen LogP contribution >= 0.6 is 11.5 Å². The number of anilines is 2. The van der Waals surface area contributed by atoms with Crippen LogP contribution in [0.5, 0.6) is 0 Å². The van der Waals surface area contributed by atoms with Crippen molar-refractivity contribution >= 4 is 22.4 Å². The lowest BCUT2D eigenvalue weighted by atomic mass is 10.3. The van der Waals surface area contributed by atoms with Gasteiger partial charge < -0.3 is 11.1 Å². The van der Waals surface area contributed by atoms with Gasteiger partial charge in [0.25, 0.3) is 6.43 Å². The zero-order chi connectivity index (χ0) is 10.0. The van der Waals surface area contributed by atoms with Gasteiger partial charge in [0.2, 0.25) is 0 Å². The number of aromatic nitrogens is 1. The number of hydrogen-bond acceptors (Lipinski definition) is 4. The molecule has 0 spiro atoms. The van der Waals surface area contributed by atoms with E-state index in [1.54, 1.807) is 6.92 Å². The predicted molar refractivity (Wildman–Crippen MR) is 50.4 cm³/mol. The van der Waals surface area contributed by atoms with Crippen LogP contribution in [-0.4, -0.2) is 16.8 Å². The Hall–Kier alpha value is -0.910. The number of rotatable bonds is 3. The lowest BCUT2D eigenvalue weighted by molar-refractivity contribution is 0.131. The Morgan fingerprint density at radius 3 is 2.54 bits per heavy atom. The van der Waals surface area contributed by atoms with Gasteiger partial charge in [-0.1, -0.05) is 0 Å².